The number of piperazine rings is 1. The van der Waals surface area contributed by atoms with Crippen LogP contribution in [0.25, 0.3) is 15.6 Å². The Bertz CT molecular complexity index is 1760. The lowest BCUT2D eigenvalue weighted by Gasteiger charge is -2.41. The monoisotopic (exact) mass is 617 g/mol. The van der Waals surface area contributed by atoms with E-state index in [0.29, 0.717) is 57.0 Å². The maximum absolute atomic E-state index is 14.5. The molecule has 0 unspecified atom stereocenters. The summed E-state index contributed by atoms with van der Waals surface area (Å²) in [4.78, 5) is 31.2. The summed E-state index contributed by atoms with van der Waals surface area (Å²) in [7, 11) is 0. The molecule has 226 valence electrons. The molecule has 12 heteroatoms. The van der Waals surface area contributed by atoms with E-state index in [0.717, 1.165) is 22.3 Å². The van der Waals surface area contributed by atoms with Crippen LogP contribution < -0.4 is 14.5 Å². The van der Waals surface area contributed by atoms with Crippen molar-refractivity contribution >= 4 is 39.8 Å². The molecule has 1 amide bonds. The fraction of sp³-hybridized carbons (Fsp3) is 0.312. The van der Waals surface area contributed by atoms with Crippen molar-refractivity contribution in [1.82, 2.24) is 19.4 Å². The van der Waals surface area contributed by atoms with Crippen LogP contribution in [-0.2, 0) is 24.3 Å². The van der Waals surface area contributed by atoms with E-state index in [1.54, 1.807) is 6.07 Å². The lowest BCUT2D eigenvalue weighted by molar-refractivity contribution is -0.131. The van der Waals surface area contributed by atoms with Gasteiger partial charge >= 0.3 is 6.01 Å². The summed E-state index contributed by atoms with van der Waals surface area (Å²) < 4.78 is 36.3. The highest BCUT2D eigenvalue weighted by Crippen LogP contribution is 2.38. The number of anilines is 2. The second-order valence-electron chi connectivity index (χ2n) is 10.8. The summed E-state index contributed by atoms with van der Waals surface area (Å²) in [6.45, 7) is 13.5. The second-order valence-corrected chi connectivity index (χ2v) is 11.2. The summed E-state index contributed by atoms with van der Waals surface area (Å²) in [5, 5.41) is 1.56. The van der Waals surface area contributed by atoms with Crippen LogP contribution in [0.2, 0.25) is 5.02 Å². The number of halogens is 3. The van der Waals surface area contributed by atoms with Crippen molar-refractivity contribution in [3.05, 3.63) is 101 Å². The van der Waals surface area contributed by atoms with Crippen LogP contribution in [0.1, 0.15) is 11.3 Å². The van der Waals surface area contributed by atoms with E-state index >= 15 is 0 Å². The highest BCUT2D eigenvalue weighted by atomic mass is 35.5. The molecule has 0 aliphatic carbocycles. The molecule has 2 aromatic heterocycles. The van der Waals surface area contributed by atoms with Crippen molar-refractivity contribution in [1.29, 1.82) is 0 Å². The van der Waals surface area contributed by atoms with Crippen molar-refractivity contribution in [2.24, 2.45) is 0 Å². The largest absolute Gasteiger partial charge is 0.462 e. The summed E-state index contributed by atoms with van der Waals surface area (Å²) in [6.07, 6.45) is 4.48. The van der Waals surface area contributed by atoms with Gasteiger partial charge in [-0.3, -0.25) is 4.79 Å². The molecule has 1 atom stereocenters. The molecule has 2 aromatic carbocycles. The topological polar surface area (TPSA) is 71.1 Å². The third-order valence-corrected chi connectivity index (χ3v) is 8.47. The minimum Gasteiger partial charge on any atom is -0.462 e. The van der Waals surface area contributed by atoms with Crippen LogP contribution in [0.4, 0.5) is 20.3 Å². The number of nitrogens with zero attached hydrogens (tertiary/aromatic N) is 7. The molecule has 6 rings (SSSR count). The van der Waals surface area contributed by atoms with E-state index in [1.807, 2.05) is 52.2 Å². The first-order valence-electron chi connectivity index (χ1n) is 14.3. The van der Waals surface area contributed by atoms with Gasteiger partial charge < -0.3 is 28.8 Å². The van der Waals surface area contributed by atoms with Crippen LogP contribution in [0.3, 0.4) is 0 Å². The van der Waals surface area contributed by atoms with Crippen molar-refractivity contribution < 1.29 is 18.3 Å². The zero-order valence-electron chi connectivity index (χ0n) is 23.9. The molecule has 44 heavy (non-hydrogen) atoms. The minimum absolute atomic E-state index is 0.0230. The maximum Gasteiger partial charge on any atom is 0.318 e. The summed E-state index contributed by atoms with van der Waals surface area (Å²) in [5.41, 5.74) is 2.51. The predicted molar refractivity (Wildman–Crippen MR) is 165 cm³/mol. The Balaban J connectivity index is 1.34. The molecule has 4 heterocycles. The number of carbonyl (C=O) groups excluding carboxylic acids is 1. The number of fused-ring (bicyclic) bond motifs is 2. The van der Waals surface area contributed by atoms with Gasteiger partial charge in [-0.05, 0) is 36.1 Å². The van der Waals surface area contributed by atoms with Crippen molar-refractivity contribution in [2.45, 2.75) is 25.6 Å². The number of rotatable bonds is 8. The summed E-state index contributed by atoms with van der Waals surface area (Å²) >= 11 is 6.46. The van der Waals surface area contributed by atoms with Crippen LogP contribution in [-0.4, -0.2) is 70.7 Å². The van der Waals surface area contributed by atoms with Crippen LogP contribution >= 0.6 is 11.6 Å². The van der Waals surface area contributed by atoms with Gasteiger partial charge in [0.05, 0.1) is 23.8 Å². The maximum atomic E-state index is 14.5. The number of carbonyl (C=O) groups is 1. The predicted octanol–water partition coefficient (Wildman–Crippen LogP) is 5.29. The molecular weight excluding hydrogens is 588 g/mol. The lowest BCUT2D eigenvalue weighted by Crippen LogP contribution is -2.57. The van der Waals surface area contributed by atoms with Crippen molar-refractivity contribution in [3.8, 4) is 6.01 Å². The molecule has 9 nitrogen and oxygen atoms in total. The van der Waals surface area contributed by atoms with Crippen molar-refractivity contribution in [2.75, 3.05) is 49.1 Å². The smallest absolute Gasteiger partial charge is 0.318 e. The molecule has 0 N–H and O–H groups in total. The van der Waals surface area contributed by atoms with E-state index < -0.39 is 23.6 Å². The van der Waals surface area contributed by atoms with Gasteiger partial charge in [0.2, 0.25) is 6.54 Å². The molecular formula is C32H30ClF2N7O2. The van der Waals surface area contributed by atoms with Gasteiger partial charge in [0.1, 0.15) is 24.3 Å². The normalized spacial score (nSPS) is 16.5. The molecule has 4 aromatic rings. The molecule has 0 bridgehead atoms. The first-order chi connectivity index (χ1) is 21.3. The summed E-state index contributed by atoms with van der Waals surface area (Å²) in [5.74, 6) is -1.64. The quantitative estimate of drug-likeness (QED) is 0.198. The van der Waals surface area contributed by atoms with E-state index in [-0.39, 0.29) is 24.1 Å². The Morgan fingerprint density at radius 3 is 2.70 bits per heavy atom. The highest BCUT2D eigenvalue weighted by Gasteiger charge is 2.36. The number of ether oxygens (including phenoxy) is 1. The number of hydrogen-bond donors (Lipinski definition) is 0. The number of amides is 1. The van der Waals surface area contributed by atoms with E-state index in [4.69, 9.17) is 32.9 Å². The Hall–Kier alpha value is -4.69. The Labute approximate surface area is 258 Å². The fourth-order valence-corrected chi connectivity index (χ4v) is 6.24. The van der Waals surface area contributed by atoms with Gasteiger partial charge in [-0.1, -0.05) is 36.4 Å². The van der Waals surface area contributed by atoms with E-state index in [2.05, 4.69) is 16.3 Å². The average molecular weight is 618 g/mol. The lowest BCUT2D eigenvalue weighted by atomic mass is 10.0. The summed E-state index contributed by atoms with van der Waals surface area (Å²) in [6, 6.07) is 12.4. The first-order valence-corrected chi connectivity index (χ1v) is 14.7. The van der Waals surface area contributed by atoms with Gasteiger partial charge in [-0.25, -0.2) is 15.4 Å². The van der Waals surface area contributed by atoms with Gasteiger partial charge in [0.15, 0.2) is 5.83 Å². The Morgan fingerprint density at radius 1 is 1.11 bits per heavy atom. The molecule has 1 saturated heterocycles. The third-order valence-electron chi connectivity index (χ3n) is 8.10. The molecule has 0 radical (unpaired) electrons. The number of aromatic nitrogens is 3. The fourth-order valence-electron chi connectivity index (χ4n) is 5.97. The second kappa shape index (κ2) is 12.5. The molecule has 2 aliphatic heterocycles. The molecule has 0 spiro atoms. The zero-order chi connectivity index (χ0) is 30.8. The zero-order valence-corrected chi connectivity index (χ0v) is 24.7. The molecule has 2 aliphatic rings. The van der Waals surface area contributed by atoms with Gasteiger partial charge in [-0.15, -0.1) is 0 Å². The average Bonchev–Trinajstić information content (AvgIpc) is 3.55. The number of hydrogen-bond acceptors (Lipinski definition) is 6. The SMILES string of the molecule is [C-]#[N+]C[C@H]1CN(c2nc(OCCn3cccc3)nc3c2CCN(c2cccc4ccc(F)c(Cl)c24)C3)CCN1C(=O)C(=C)F. The van der Waals surface area contributed by atoms with Gasteiger partial charge in [-0.2, -0.15) is 9.97 Å². The van der Waals surface area contributed by atoms with Crippen molar-refractivity contribution in [3.63, 3.8) is 0 Å². The van der Waals surface area contributed by atoms with Gasteiger partial charge in [0, 0.05) is 55.2 Å². The minimum atomic E-state index is -1.04. The van der Waals surface area contributed by atoms with Gasteiger partial charge in [0.25, 0.3) is 5.91 Å². The van der Waals surface area contributed by atoms with E-state index in [1.165, 1.54) is 11.0 Å². The first kappa shape index (κ1) is 29.4. The molecule has 1 fully saturated rings. The van der Waals surface area contributed by atoms with E-state index in [9.17, 15) is 13.6 Å². The Kier molecular flexibility index (Phi) is 8.35. The molecule has 0 saturated carbocycles. The van der Waals surface area contributed by atoms with Crippen LogP contribution in [0.5, 0.6) is 6.01 Å². The third kappa shape index (κ3) is 5.77. The highest BCUT2D eigenvalue weighted by molar-refractivity contribution is 6.36. The standard InChI is InChI=1S/C32H30ClF2N7O2/c1-21(34)31(43)42-15-14-41(19-23(42)18-36-2)30-24-10-13-40(27-7-5-6-22-8-9-25(35)29(33)28(22)27)20-26(24)37-32(38-30)44-17-16-39-11-3-4-12-39/h3-9,11-12,23H,1,10,13-20H2/t23-/m0/s1. The van der Waals surface area contributed by atoms with Crippen LogP contribution in [0, 0.1) is 12.4 Å². The van der Waals surface area contributed by atoms with Crippen LogP contribution in [0.15, 0.2) is 67.3 Å². The number of benzene rings is 2. The Morgan fingerprint density at radius 2 is 1.93 bits per heavy atom.